The zero-order chi connectivity index (χ0) is 22.4. The van der Waals surface area contributed by atoms with E-state index in [1.54, 1.807) is 18.2 Å². The number of hydrogen-bond donors (Lipinski definition) is 2. The Morgan fingerprint density at radius 3 is 2.58 bits per heavy atom. The van der Waals surface area contributed by atoms with Crippen molar-refractivity contribution < 1.29 is 19.1 Å². The molecule has 0 aliphatic rings. The number of ether oxygens (including phenoxy) is 2. The van der Waals surface area contributed by atoms with Crippen molar-refractivity contribution in [2.24, 2.45) is 0 Å². The highest BCUT2D eigenvalue weighted by Gasteiger charge is 2.16. The number of nitrogens with one attached hydrogen (secondary N) is 2. The lowest BCUT2D eigenvalue weighted by Crippen LogP contribution is -2.14. The molecule has 0 fully saturated rings. The Balaban J connectivity index is 1.57. The molecule has 0 unspecified atom stereocenters. The van der Waals surface area contributed by atoms with Crippen molar-refractivity contribution in [1.29, 1.82) is 0 Å². The first-order valence-electron chi connectivity index (χ1n) is 9.26. The van der Waals surface area contributed by atoms with Crippen LogP contribution in [0.1, 0.15) is 21.5 Å². The molecule has 1 heterocycles. The van der Waals surface area contributed by atoms with E-state index >= 15 is 0 Å². The molecule has 0 saturated carbocycles. The van der Waals surface area contributed by atoms with Crippen molar-refractivity contribution in [3.63, 3.8) is 0 Å². The molecule has 1 aromatic heterocycles. The SMILES string of the molecule is COc1ccc(C(=O)Nc2nnc(SCC(=O)Nc3cc(C)ccc3C)s2)c(OC)c1. The molecule has 0 aliphatic carbocycles. The number of carbonyl (C=O) groups is 2. The largest absolute Gasteiger partial charge is 0.497 e. The molecule has 3 aromatic rings. The number of aryl methyl sites for hydroxylation is 2. The minimum atomic E-state index is -0.375. The summed E-state index contributed by atoms with van der Waals surface area (Å²) in [7, 11) is 3.02. The van der Waals surface area contributed by atoms with Gasteiger partial charge in [-0.3, -0.25) is 14.9 Å². The van der Waals surface area contributed by atoms with E-state index in [0.717, 1.165) is 16.8 Å². The Morgan fingerprint density at radius 2 is 1.84 bits per heavy atom. The van der Waals surface area contributed by atoms with E-state index in [0.29, 0.717) is 26.5 Å². The maximum Gasteiger partial charge on any atom is 0.261 e. The Morgan fingerprint density at radius 1 is 1.03 bits per heavy atom. The van der Waals surface area contributed by atoms with Crippen molar-refractivity contribution in [2.45, 2.75) is 18.2 Å². The summed E-state index contributed by atoms with van der Waals surface area (Å²) >= 11 is 2.45. The summed E-state index contributed by atoms with van der Waals surface area (Å²) in [6.45, 7) is 3.92. The third-order valence-corrected chi connectivity index (χ3v) is 6.25. The molecule has 0 saturated heterocycles. The number of methoxy groups -OCH3 is 2. The van der Waals surface area contributed by atoms with Crippen LogP contribution in [0.25, 0.3) is 0 Å². The molecule has 31 heavy (non-hydrogen) atoms. The van der Waals surface area contributed by atoms with E-state index in [2.05, 4.69) is 20.8 Å². The fraction of sp³-hybridized carbons (Fsp3) is 0.238. The van der Waals surface area contributed by atoms with E-state index in [9.17, 15) is 9.59 Å². The predicted octanol–water partition coefficient (Wildman–Crippen LogP) is 4.16. The number of benzene rings is 2. The van der Waals surface area contributed by atoms with Gasteiger partial charge in [-0.15, -0.1) is 10.2 Å². The minimum absolute atomic E-state index is 0.137. The van der Waals surface area contributed by atoms with Gasteiger partial charge in [0.15, 0.2) is 4.34 Å². The highest BCUT2D eigenvalue weighted by Crippen LogP contribution is 2.28. The first kappa shape index (κ1) is 22.6. The van der Waals surface area contributed by atoms with Crippen LogP contribution in [0.4, 0.5) is 10.8 Å². The third kappa shape index (κ3) is 5.96. The lowest BCUT2D eigenvalue weighted by atomic mass is 10.1. The van der Waals surface area contributed by atoms with E-state index in [1.807, 2.05) is 32.0 Å². The quantitative estimate of drug-likeness (QED) is 0.386. The van der Waals surface area contributed by atoms with Gasteiger partial charge in [-0.05, 0) is 43.2 Å². The van der Waals surface area contributed by atoms with Crippen LogP contribution in [-0.4, -0.2) is 42.0 Å². The van der Waals surface area contributed by atoms with Crippen LogP contribution in [0.15, 0.2) is 40.7 Å². The van der Waals surface area contributed by atoms with Crippen molar-refractivity contribution >= 4 is 45.7 Å². The molecule has 2 N–H and O–H groups in total. The van der Waals surface area contributed by atoms with Gasteiger partial charge in [0.25, 0.3) is 5.91 Å². The third-order valence-electron chi connectivity index (χ3n) is 4.27. The van der Waals surface area contributed by atoms with Crippen LogP contribution in [0.3, 0.4) is 0 Å². The normalized spacial score (nSPS) is 10.5. The van der Waals surface area contributed by atoms with Crippen molar-refractivity contribution in [3.8, 4) is 11.5 Å². The Bertz CT molecular complexity index is 1100. The average Bonchev–Trinajstić information content (AvgIpc) is 3.21. The molecule has 162 valence electrons. The molecule has 0 atom stereocenters. The second-order valence-corrected chi connectivity index (χ2v) is 8.75. The number of aromatic nitrogens is 2. The Hall–Kier alpha value is -3.11. The van der Waals surface area contributed by atoms with E-state index in [-0.39, 0.29) is 17.6 Å². The molecular formula is C21H22N4O4S2. The van der Waals surface area contributed by atoms with Crippen LogP contribution < -0.4 is 20.1 Å². The number of anilines is 2. The number of carbonyl (C=O) groups excluding carboxylic acids is 2. The van der Waals surface area contributed by atoms with Gasteiger partial charge >= 0.3 is 0 Å². The molecular weight excluding hydrogens is 436 g/mol. The second-order valence-electron chi connectivity index (χ2n) is 6.55. The van der Waals surface area contributed by atoms with E-state index in [1.165, 1.54) is 37.3 Å². The minimum Gasteiger partial charge on any atom is -0.497 e. The lowest BCUT2D eigenvalue weighted by molar-refractivity contribution is -0.113. The summed E-state index contributed by atoms with van der Waals surface area (Å²) in [4.78, 5) is 24.8. The van der Waals surface area contributed by atoms with Crippen LogP contribution in [0, 0.1) is 13.8 Å². The summed E-state index contributed by atoms with van der Waals surface area (Å²) in [5.74, 6) is 0.644. The van der Waals surface area contributed by atoms with Crippen molar-refractivity contribution in [1.82, 2.24) is 10.2 Å². The fourth-order valence-corrected chi connectivity index (χ4v) is 4.20. The second kappa shape index (κ2) is 10.3. The summed E-state index contributed by atoms with van der Waals surface area (Å²) in [5.41, 5.74) is 3.22. The molecule has 0 spiro atoms. The van der Waals surface area contributed by atoms with Gasteiger partial charge in [-0.2, -0.15) is 0 Å². The van der Waals surface area contributed by atoms with Gasteiger partial charge in [-0.25, -0.2) is 0 Å². The summed E-state index contributed by atoms with van der Waals surface area (Å²) in [5, 5.41) is 13.9. The smallest absolute Gasteiger partial charge is 0.261 e. The van der Waals surface area contributed by atoms with Gasteiger partial charge in [0.1, 0.15) is 11.5 Å². The van der Waals surface area contributed by atoms with Crippen molar-refractivity contribution in [3.05, 3.63) is 53.1 Å². The zero-order valence-corrected chi connectivity index (χ0v) is 19.1. The highest BCUT2D eigenvalue weighted by molar-refractivity contribution is 8.01. The molecule has 2 aromatic carbocycles. The summed E-state index contributed by atoms with van der Waals surface area (Å²) in [6.07, 6.45) is 0. The van der Waals surface area contributed by atoms with Gasteiger partial charge in [0.05, 0.1) is 25.5 Å². The molecule has 0 bridgehead atoms. The molecule has 0 aliphatic heterocycles. The van der Waals surface area contributed by atoms with E-state index in [4.69, 9.17) is 9.47 Å². The van der Waals surface area contributed by atoms with Gasteiger partial charge in [-0.1, -0.05) is 35.2 Å². The maximum absolute atomic E-state index is 12.6. The number of amides is 2. The monoisotopic (exact) mass is 458 g/mol. The number of rotatable bonds is 8. The van der Waals surface area contributed by atoms with Gasteiger partial charge < -0.3 is 14.8 Å². The molecule has 0 radical (unpaired) electrons. The summed E-state index contributed by atoms with van der Waals surface area (Å²) in [6, 6.07) is 10.8. The average molecular weight is 459 g/mol. The lowest BCUT2D eigenvalue weighted by Gasteiger charge is -2.09. The molecule has 10 heteroatoms. The Kier molecular flexibility index (Phi) is 7.48. The van der Waals surface area contributed by atoms with Crippen LogP contribution in [-0.2, 0) is 4.79 Å². The fourth-order valence-electron chi connectivity index (χ4n) is 2.65. The van der Waals surface area contributed by atoms with Gasteiger partial charge in [0, 0.05) is 11.8 Å². The number of nitrogens with zero attached hydrogens (tertiary/aromatic N) is 2. The topological polar surface area (TPSA) is 102 Å². The van der Waals surface area contributed by atoms with E-state index < -0.39 is 0 Å². The molecule has 2 amide bonds. The standard InChI is InChI=1S/C21H22N4O4S2/c1-12-5-6-13(2)16(9-12)22-18(26)11-30-21-25-24-20(31-21)23-19(27)15-8-7-14(28-3)10-17(15)29-4/h5-10H,11H2,1-4H3,(H,22,26)(H,23,24,27). The first-order valence-corrected chi connectivity index (χ1v) is 11.1. The number of hydrogen-bond acceptors (Lipinski definition) is 8. The molecule has 8 nitrogen and oxygen atoms in total. The van der Waals surface area contributed by atoms with Gasteiger partial charge in [0.2, 0.25) is 11.0 Å². The van der Waals surface area contributed by atoms with Crippen LogP contribution >= 0.6 is 23.1 Å². The highest BCUT2D eigenvalue weighted by atomic mass is 32.2. The Labute approximate surface area is 188 Å². The van der Waals surface area contributed by atoms with Crippen LogP contribution in [0.5, 0.6) is 11.5 Å². The maximum atomic E-state index is 12.6. The first-order chi connectivity index (χ1) is 14.9. The van der Waals surface area contributed by atoms with Crippen molar-refractivity contribution in [2.75, 3.05) is 30.6 Å². The molecule has 3 rings (SSSR count). The number of thioether (sulfide) groups is 1. The summed E-state index contributed by atoms with van der Waals surface area (Å²) < 4.78 is 11.0. The predicted molar refractivity (Wildman–Crippen MR) is 123 cm³/mol. The zero-order valence-electron chi connectivity index (χ0n) is 17.5. The van der Waals surface area contributed by atoms with Crippen LogP contribution in [0.2, 0.25) is 0 Å².